The van der Waals surface area contributed by atoms with Crippen LogP contribution in [0.5, 0.6) is 5.75 Å². The predicted molar refractivity (Wildman–Crippen MR) is 174 cm³/mol. The number of benzene rings is 1. The highest BCUT2D eigenvalue weighted by atomic mass is 32.2. The Bertz CT molecular complexity index is 1350. The van der Waals surface area contributed by atoms with Crippen molar-refractivity contribution in [3.63, 3.8) is 0 Å². The first-order chi connectivity index (χ1) is 20.3. The number of methoxy groups -OCH3 is 1. The van der Waals surface area contributed by atoms with Crippen LogP contribution in [0.3, 0.4) is 0 Å². The van der Waals surface area contributed by atoms with Gasteiger partial charge in [-0.25, -0.2) is 4.79 Å². The molecular formula is C32H48N4O7S. The quantitative estimate of drug-likeness (QED) is 0.150. The molecule has 12 heteroatoms. The van der Waals surface area contributed by atoms with E-state index in [-0.39, 0.29) is 42.1 Å². The lowest BCUT2D eigenvalue weighted by Crippen LogP contribution is -2.45. The van der Waals surface area contributed by atoms with Crippen molar-refractivity contribution in [3.8, 4) is 5.75 Å². The topological polar surface area (TPSA) is 139 Å². The Kier molecular flexibility index (Phi) is 12.9. The number of nitrogens with one attached hydrogen (secondary N) is 3. The number of aromatic amines is 1. The fourth-order valence-corrected chi connectivity index (χ4v) is 5.17. The average molecular weight is 633 g/mol. The fourth-order valence-electron chi connectivity index (χ4n) is 4.50. The molecule has 3 amide bonds. The summed E-state index contributed by atoms with van der Waals surface area (Å²) in [7, 11) is 1.61. The highest BCUT2D eigenvalue weighted by molar-refractivity contribution is 7.93. The van der Waals surface area contributed by atoms with E-state index in [1.165, 1.54) is 0 Å². The number of aromatic nitrogens is 1. The Balaban J connectivity index is 0.000000231. The molecule has 44 heavy (non-hydrogen) atoms. The molecule has 3 aliphatic rings. The number of hydrogen-bond donors (Lipinski definition) is 3. The highest BCUT2D eigenvalue weighted by Crippen LogP contribution is 2.45. The number of amides is 3. The Morgan fingerprint density at radius 3 is 2.45 bits per heavy atom. The van der Waals surface area contributed by atoms with E-state index in [9.17, 15) is 19.2 Å². The monoisotopic (exact) mass is 632 g/mol. The lowest BCUT2D eigenvalue weighted by atomic mass is 10.2. The molecule has 5 rings (SSSR count). The lowest BCUT2D eigenvalue weighted by molar-refractivity contribution is -0.125. The highest BCUT2D eigenvalue weighted by Gasteiger charge is 2.59. The molecule has 3 atom stereocenters. The van der Waals surface area contributed by atoms with E-state index >= 15 is 0 Å². The Morgan fingerprint density at radius 2 is 1.93 bits per heavy atom. The van der Waals surface area contributed by atoms with Gasteiger partial charge < -0.3 is 24.7 Å². The summed E-state index contributed by atoms with van der Waals surface area (Å²) in [4.78, 5) is 49.7. The average Bonchev–Trinajstić information content (AvgIpc) is 3.82. The molecular weight excluding hydrogens is 584 g/mol. The van der Waals surface area contributed by atoms with Crippen LogP contribution in [0.4, 0.5) is 4.79 Å². The summed E-state index contributed by atoms with van der Waals surface area (Å²) in [6.45, 7) is 14.2. The molecule has 1 aromatic carbocycles. The van der Waals surface area contributed by atoms with Crippen molar-refractivity contribution in [3.05, 3.63) is 53.5 Å². The number of ether oxygens (including phenoxy) is 2. The van der Waals surface area contributed by atoms with Crippen LogP contribution >= 0.6 is 12.2 Å². The van der Waals surface area contributed by atoms with Gasteiger partial charge >= 0.3 is 6.09 Å². The van der Waals surface area contributed by atoms with Crippen LogP contribution in [0.15, 0.2) is 47.9 Å². The van der Waals surface area contributed by atoms with E-state index in [4.69, 9.17) is 13.7 Å². The molecule has 11 nitrogen and oxygen atoms in total. The summed E-state index contributed by atoms with van der Waals surface area (Å²) in [5, 5.41) is 4.14. The number of fused-ring (bicyclic) bond motifs is 1. The zero-order valence-corrected chi connectivity index (χ0v) is 26.7. The molecule has 0 bridgehead atoms. The normalized spacial score (nSPS) is 22.5. The lowest BCUT2D eigenvalue weighted by Gasteiger charge is -2.26. The van der Waals surface area contributed by atoms with Gasteiger partial charge in [0.05, 0.1) is 12.7 Å². The van der Waals surface area contributed by atoms with Crippen molar-refractivity contribution >= 4 is 41.4 Å². The van der Waals surface area contributed by atoms with Crippen molar-refractivity contribution in [2.45, 2.75) is 96.9 Å². The zero-order valence-electron chi connectivity index (χ0n) is 25.9. The van der Waals surface area contributed by atoms with E-state index in [0.29, 0.717) is 24.3 Å². The number of H-pyrrole nitrogens is 1. The second-order valence-electron chi connectivity index (χ2n) is 12.3. The molecule has 1 aliphatic heterocycles. The SMILES string of the molecule is C.C=CC1CC1(NC=O)C(=O)NSOC1(C)CC1.CC1CCCN1C(=O)OC(C)(C)C.COc1ccc2c(=O)[nH]ccc2c1. The van der Waals surface area contributed by atoms with Crippen molar-refractivity contribution in [2.24, 2.45) is 5.92 Å². The zero-order chi connectivity index (χ0) is 31.8. The number of carbonyl (C=O) groups is 3. The largest absolute Gasteiger partial charge is 0.497 e. The summed E-state index contributed by atoms with van der Waals surface area (Å²) in [6, 6.07) is 7.56. The minimum absolute atomic E-state index is 0. The van der Waals surface area contributed by atoms with E-state index in [2.05, 4.69) is 28.5 Å². The molecule has 0 spiro atoms. The summed E-state index contributed by atoms with van der Waals surface area (Å²) >= 11 is 0.946. The van der Waals surface area contributed by atoms with E-state index in [1.54, 1.807) is 31.5 Å². The first kappa shape index (κ1) is 36.7. The van der Waals surface area contributed by atoms with Gasteiger partial charge in [-0.05, 0) is 96.4 Å². The fraction of sp³-hybridized carbons (Fsp3) is 0.562. The summed E-state index contributed by atoms with van der Waals surface area (Å²) in [5.74, 6) is 0.534. The van der Waals surface area contributed by atoms with Crippen LogP contribution in [-0.2, 0) is 18.5 Å². The molecule has 1 aromatic heterocycles. The Labute approximate surface area is 264 Å². The van der Waals surface area contributed by atoms with Gasteiger partial charge in [-0.15, -0.1) is 6.58 Å². The van der Waals surface area contributed by atoms with Crippen LogP contribution in [0.1, 0.15) is 74.1 Å². The van der Waals surface area contributed by atoms with Gasteiger partial charge in [-0.2, -0.15) is 0 Å². The van der Waals surface area contributed by atoms with Crippen molar-refractivity contribution < 1.29 is 28.0 Å². The predicted octanol–water partition coefficient (Wildman–Crippen LogP) is 5.50. The van der Waals surface area contributed by atoms with Crippen LogP contribution < -0.4 is 20.3 Å². The van der Waals surface area contributed by atoms with Gasteiger partial charge in [0.1, 0.15) is 29.1 Å². The maximum absolute atomic E-state index is 11.9. The van der Waals surface area contributed by atoms with Gasteiger partial charge in [0.25, 0.3) is 11.5 Å². The molecule has 244 valence electrons. The molecule has 3 unspecified atom stereocenters. The molecule has 3 fully saturated rings. The van der Waals surface area contributed by atoms with Gasteiger partial charge in [-0.1, -0.05) is 13.5 Å². The Hall–Kier alpha value is -3.51. The number of hydrogen-bond acceptors (Lipinski definition) is 8. The van der Waals surface area contributed by atoms with E-state index < -0.39 is 5.54 Å². The van der Waals surface area contributed by atoms with Crippen LogP contribution in [0, 0.1) is 5.92 Å². The van der Waals surface area contributed by atoms with E-state index in [1.807, 2.05) is 44.7 Å². The first-order valence-electron chi connectivity index (χ1n) is 14.4. The van der Waals surface area contributed by atoms with Gasteiger partial charge in [0.15, 0.2) is 0 Å². The maximum Gasteiger partial charge on any atom is 0.410 e. The van der Waals surface area contributed by atoms with Crippen LogP contribution in [0.2, 0.25) is 0 Å². The van der Waals surface area contributed by atoms with Crippen molar-refractivity contribution in [1.29, 1.82) is 0 Å². The van der Waals surface area contributed by atoms with Crippen LogP contribution in [-0.4, -0.2) is 64.7 Å². The number of pyridine rings is 1. The second kappa shape index (κ2) is 15.5. The first-order valence-corrected chi connectivity index (χ1v) is 15.2. The minimum Gasteiger partial charge on any atom is -0.497 e. The van der Waals surface area contributed by atoms with Gasteiger partial charge in [-0.3, -0.25) is 23.3 Å². The summed E-state index contributed by atoms with van der Waals surface area (Å²) in [5.41, 5.74) is -1.35. The molecule has 2 saturated carbocycles. The molecule has 2 aromatic rings. The number of likely N-dealkylation sites (tertiary alicyclic amines) is 1. The molecule has 0 radical (unpaired) electrons. The van der Waals surface area contributed by atoms with Crippen molar-refractivity contribution in [2.75, 3.05) is 13.7 Å². The number of nitrogens with zero attached hydrogens (tertiary/aromatic N) is 1. The van der Waals surface area contributed by atoms with Gasteiger partial charge in [0, 0.05) is 30.1 Å². The smallest absolute Gasteiger partial charge is 0.410 e. The minimum atomic E-state index is -0.815. The third-order valence-electron chi connectivity index (χ3n) is 7.51. The summed E-state index contributed by atoms with van der Waals surface area (Å²) < 4.78 is 18.4. The molecule has 2 aliphatic carbocycles. The molecule has 2 heterocycles. The van der Waals surface area contributed by atoms with Crippen molar-refractivity contribution in [1.82, 2.24) is 19.9 Å². The number of carbonyl (C=O) groups excluding carboxylic acids is 3. The van der Waals surface area contributed by atoms with Gasteiger partial charge in [0.2, 0.25) is 6.41 Å². The summed E-state index contributed by atoms with van der Waals surface area (Å²) in [6.07, 6.45) is 8.52. The number of rotatable bonds is 8. The van der Waals surface area contributed by atoms with Crippen LogP contribution in [0.25, 0.3) is 10.8 Å². The maximum atomic E-state index is 11.9. The molecule has 3 N–H and O–H groups in total. The van der Waals surface area contributed by atoms with E-state index in [0.717, 1.165) is 55.6 Å². The Morgan fingerprint density at radius 1 is 1.23 bits per heavy atom. The standard InChI is InChI=1S/C11H16N2O3S.C10H9NO2.C10H19NO2.CH4/c1-3-8-6-11(8,12-7-14)9(15)13-17-16-10(2)4-5-10;1-13-8-2-3-9-7(6-8)4-5-11-10(9)12;1-8-6-5-7-11(8)9(12)13-10(2,3)4;/h3,7-8H,1,4-6H2,2H3,(H,12,14)(H,13,15);2-6H,1H3,(H,11,12);8H,5-7H2,1-4H3;1H4. The molecule has 1 saturated heterocycles. The third-order valence-corrected chi connectivity index (χ3v) is 8.27. The second-order valence-corrected chi connectivity index (χ2v) is 12.8. The third kappa shape index (κ3) is 10.0.